The number of carbonyl (C=O) groups excluding carboxylic acids is 1. The fourth-order valence-corrected chi connectivity index (χ4v) is 4.93. The third-order valence-electron chi connectivity index (χ3n) is 4.67. The Morgan fingerprint density at radius 2 is 1.94 bits per heavy atom. The molecule has 0 unspecified atom stereocenters. The normalized spacial score (nSPS) is 10.9. The van der Waals surface area contributed by atoms with E-state index < -0.39 is 0 Å². The highest BCUT2D eigenvalue weighted by atomic mass is 32.2. The molecule has 0 bridgehead atoms. The van der Waals surface area contributed by atoms with E-state index in [2.05, 4.69) is 15.2 Å². The predicted octanol–water partition coefficient (Wildman–Crippen LogP) is 5.06. The minimum absolute atomic E-state index is 0.161. The molecule has 0 atom stereocenters. The number of benzene rings is 2. The molecule has 0 N–H and O–H groups in total. The second-order valence-corrected chi connectivity index (χ2v) is 8.56. The lowest BCUT2D eigenvalue weighted by Crippen LogP contribution is -2.23. The van der Waals surface area contributed by atoms with Crippen molar-refractivity contribution in [2.24, 2.45) is 7.05 Å². The number of rotatable bonds is 7. The Morgan fingerprint density at radius 1 is 1.19 bits per heavy atom. The number of amides is 1. The summed E-state index contributed by atoms with van der Waals surface area (Å²) in [4.78, 5) is 18.6. The molecular weight excluding hydrogens is 449 g/mol. The Kier molecular flexibility index (Phi) is 6.52. The molecule has 2 aromatic heterocycles. The molecule has 0 saturated heterocycles. The molecule has 0 spiro atoms. The molecule has 4 aromatic rings. The van der Waals surface area contributed by atoms with Crippen LogP contribution in [0.5, 0.6) is 5.75 Å². The van der Waals surface area contributed by atoms with Gasteiger partial charge in [-0.05, 0) is 24.3 Å². The molecule has 10 heteroatoms. The molecular formula is C22H20FN5O2S2. The van der Waals surface area contributed by atoms with Crippen molar-refractivity contribution < 1.29 is 13.9 Å². The number of nitrogens with zero attached hydrogens (tertiary/aromatic N) is 5. The molecule has 0 aliphatic carbocycles. The van der Waals surface area contributed by atoms with Crippen LogP contribution in [0.3, 0.4) is 0 Å². The standard InChI is InChI=1S/C22H20FN5O2S2/c1-14(29)28(18-10-6-7-11-19(18)30-3)21-24-15(12-31-21)13-32-22-26-25-20(27(22)2)16-8-4-5-9-17(16)23/h4-12H,13H2,1-3H3. The highest BCUT2D eigenvalue weighted by Crippen LogP contribution is 2.36. The van der Waals surface area contributed by atoms with Crippen LogP contribution >= 0.6 is 23.1 Å². The summed E-state index contributed by atoms with van der Waals surface area (Å²) in [5, 5.41) is 11.4. The van der Waals surface area contributed by atoms with Gasteiger partial charge in [-0.2, -0.15) is 0 Å². The van der Waals surface area contributed by atoms with Crippen LogP contribution < -0.4 is 9.64 Å². The van der Waals surface area contributed by atoms with E-state index in [4.69, 9.17) is 4.74 Å². The van der Waals surface area contributed by atoms with Crippen LogP contribution in [0.2, 0.25) is 0 Å². The molecule has 164 valence electrons. The third-order valence-corrected chi connectivity index (χ3v) is 6.60. The van der Waals surface area contributed by atoms with Gasteiger partial charge in [0.15, 0.2) is 16.1 Å². The quantitative estimate of drug-likeness (QED) is 0.352. The number of hydrogen-bond donors (Lipinski definition) is 0. The predicted molar refractivity (Wildman–Crippen MR) is 124 cm³/mol. The first-order valence-corrected chi connectivity index (χ1v) is 11.5. The van der Waals surface area contributed by atoms with E-state index in [1.807, 2.05) is 23.6 Å². The van der Waals surface area contributed by atoms with E-state index >= 15 is 0 Å². The highest BCUT2D eigenvalue weighted by molar-refractivity contribution is 7.98. The Bertz CT molecular complexity index is 1260. The highest BCUT2D eigenvalue weighted by Gasteiger charge is 2.21. The summed E-state index contributed by atoms with van der Waals surface area (Å²) in [6.07, 6.45) is 0. The van der Waals surface area contributed by atoms with Gasteiger partial charge in [0.05, 0.1) is 24.1 Å². The van der Waals surface area contributed by atoms with Gasteiger partial charge in [0.1, 0.15) is 11.6 Å². The van der Waals surface area contributed by atoms with E-state index in [0.29, 0.717) is 38.9 Å². The summed E-state index contributed by atoms with van der Waals surface area (Å²) in [6.45, 7) is 1.49. The fourth-order valence-electron chi connectivity index (χ4n) is 3.14. The van der Waals surface area contributed by atoms with E-state index in [9.17, 15) is 9.18 Å². The zero-order valence-corrected chi connectivity index (χ0v) is 19.3. The first-order valence-electron chi connectivity index (χ1n) is 9.64. The average Bonchev–Trinajstić information content (AvgIpc) is 3.39. The summed E-state index contributed by atoms with van der Waals surface area (Å²) < 4.78 is 21.3. The monoisotopic (exact) mass is 469 g/mol. The SMILES string of the molecule is COc1ccccc1N(C(C)=O)c1nc(CSc2nnc(-c3ccccc3F)n2C)cs1. The first-order chi connectivity index (χ1) is 15.5. The number of thioether (sulfide) groups is 1. The van der Waals surface area contributed by atoms with Gasteiger partial charge in [-0.15, -0.1) is 21.5 Å². The minimum atomic E-state index is -0.343. The van der Waals surface area contributed by atoms with Crippen LogP contribution in [-0.4, -0.2) is 32.8 Å². The Hall–Kier alpha value is -3.24. The van der Waals surface area contributed by atoms with Crippen molar-refractivity contribution in [3.8, 4) is 17.1 Å². The Morgan fingerprint density at radius 3 is 2.69 bits per heavy atom. The number of halogens is 1. The summed E-state index contributed by atoms with van der Waals surface area (Å²) in [7, 11) is 3.37. The average molecular weight is 470 g/mol. The zero-order valence-electron chi connectivity index (χ0n) is 17.7. The largest absolute Gasteiger partial charge is 0.495 e. The van der Waals surface area contributed by atoms with Crippen LogP contribution in [-0.2, 0) is 17.6 Å². The maximum absolute atomic E-state index is 14.1. The molecule has 0 fully saturated rings. The first kappa shape index (κ1) is 22.0. The van der Waals surface area contributed by atoms with Crippen molar-refractivity contribution in [1.82, 2.24) is 19.7 Å². The summed E-state index contributed by atoms with van der Waals surface area (Å²) in [5.41, 5.74) is 1.84. The molecule has 0 radical (unpaired) electrons. The lowest BCUT2D eigenvalue weighted by atomic mass is 10.2. The van der Waals surface area contributed by atoms with Crippen LogP contribution in [0.15, 0.2) is 59.1 Å². The Labute approximate surface area is 192 Å². The molecule has 4 rings (SSSR count). The van der Waals surface area contributed by atoms with Crippen molar-refractivity contribution in [1.29, 1.82) is 0 Å². The molecule has 7 nitrogen and oxygen atoms in total. The lowest BCUT2D eigenvalue weighted by Gasteiger charge is -2.20. The van der Waals surface area contributed by atoms with Crippen molar-refractivity contribution in [3.05, 3.63) is 65.4 Å². The summed E-state index contributed by atoms with van der Waals surface area (Å²) in [6, 6.07) is 13.8. The lowest BCUT2D eigenvalue weighted by molar-refractivity contribution is -0.115. The summed E-state index contributed by atoms with van der Waals surface area (Å²) >= 11 is 2.82. The van der Waals surface area contributed by atoms with Gasteiger partial charge in [-0.1, -0.05) is 36.0 Å². The van der Waals surface area contributed by atoms with E-state index in [1.165, 1.54) is 41.0 Å². The van der Waals surface area contributed by atoms with Crippen LogP contribution in [0.1, 0.15) is 12.6 Å². The number of carbonyl (C=O) groups is 1. The van der Waals surface area contributed by atoms with Gasteiger partial charge in [0.25, 0.3) is 0 Å². The van der Waals surface area contributed by atoms with Crippen molar-refractivity contribution >= 4 is 39.8 Å². The van der Waals surface area contributed by atoms with Crippen molar-refractivity contribution in [3.63, 3.8) is 0 Å². The number of thiazole rings is 1. The van der Waals surface area contributed by atoms with Gasteiger partial charge < -0.3 is 9.30 Å². The number of para-hydroxylation sites is 2. The molecule has 1 amide bonds. The molecule has 0 aliphatic rings. The third kappa shape index (κ3) is 4.37. The van der Waals surface area contributed by atoms with Gasteiger partial charge in [0.2, 0.25) is 5.91 Å². The van der Waals surface area contributed by atoms with Crippen molar-refractivity contribution in [2.75, 3.05) is 12.0 Å². The van der Waals surface area contributed by atoms with Crippen LogP contribution in [0, 0.1) is 5.82 Å². The number of hydrogen-bond acceptors (Lipinski definition) is 7. The number of ether oxygens (including phenoxy) is 1. The molecule has 2 heterocycles. The van der Waals surface area contributed by atoms with E-state index in [1.54, 1.807) is 43.0 Å². The van der Waals surface area contributed by atoms with Crippen molar-refractivity contribution in [2.45, 2.75) is 17.8 Å². The Balaban J connectivity index is 1.53. The summed E-state index contributed by atoms with van der Waals surface area (Å²) in [5.74, 6) is 1.07. The zero-order chi connectivity index (χ0) is 22.7. The molecule has 0 saturated carbocycles. The maximum Gasteiger partial charge on any atom is 0.230 e. The molecule has 2 aromatic carbocycles. The second-order valence-electron chi connectivity index (χ2n) is 6.78. The van der Waals surface area contributed by atoms with E-state index in [-0.39, 0.29) is 11.7 Å². The van der Waals surface area contributed by atoms with Gasteiger partial charge in [-0.3, -0.25) is 9.69 Å². The molecule has 32 heavy (non-hydrogen) atoms. The number of anilines is 2. The van der Waals surface area contributed by atoms with Gasteiger partial charge >= 0.3 is 0 Å². The molecule has 0 aliphatic heterocycles. The minimum Gasteiger partial charge on any atom is -0.495 e. The maximum atomic E-state index is 14.1. The van der Waals surface area contributed by atoms with Gasteiger partial charge in [0, 0.05) is 25.1 Å². The van der Waals surface area contributed by atoms with Crippen LogP contribution in [0.4, 0.5) is 15.2 Å². The number of aromatic nitrogens is 4. The number of methoxy groups -OCH3 is 1. The van der Waals surface area contributed by atoms with E-state index in [0.717, 1.165) is 5.69 Å². The topological polar surface area (TPSA) is 73.1 Å². The van der Waals surface area contributed by atoms with Crippen LogP contribution in [0.25, 0.3) is 11.4 Å². The second kappa shape index (κ2) is 9.49. The smallest absolute Gasteiger partial charge is 0.230 e. The van der Waals surface area contributed by atoms with Gasteiger partial charge in [-0.25, -0.2) is 9.37 Å². The fraction of sp³-hybridized carbons (Fsp3) is 0.182.